The fourth-order valence-corrected chi connectivity index (χ4v) is 2.06. The van der Waals surface area contributed by atoms with Gasteiger partial charge in [-0.25, -0.2) is 0 Å². The minimum absolute atomic E-state index is 0.290. The minimum Gasteiger partial charge on any atom is -0.271 e. The van der Waals surface area contributed by atoms with Gasteiger partial charge in [-0.15, -0.1) is 0 Å². The molecular formula is C11H20N4. The summed E-state index contributed by atoms with van der Waals surface area (Å²) in [6.07, 6.45) is 3.55. The molecule has 1 atom stereocenters. The highest BCUT2D eigenvalue weighted by atomic mass is 15.3. The summed E-state index contributed by atoms with van der Waals surface area (Å²) in [4.78, 5) is 0. The van der Waals surface area contributed by atoms with E-state index in [1.54, 1.807) is 0 Å². The molecule has 1 unspecified atom stereocenters. The van der Waals surface area contributed by atoms with Crippen molar-refractivity contribution in [2.24, 2.45) is 11.8 Å². The second kappa shape index (κ2) is 4.33. The lowest BCUT2D eigenvalue weighted by Gasteiger charge is -2.15. The quantitative estimate of drug-likeness (QED) is 0.568. The molecule has 1 fully saturated rings. The van der Waals surface area contributed by atoms with Gasteiger partial charge >= 0.3 is 0 Å². The predicted molar refractivity (Wildman–Crippen MR) is 60.1 cm³/mol. The third-order valence-electron chi connectivity index (χ3n) is 3.12. The molecular weight excluding hydrogens is 188 g/mol. The zero-order chi connectivity index (χ0) is 10.8. The van der Waals surface area contributed by atoms with E-state index in [9.17, 15) is 0 Å². The van der Waals surface area contributed by atoms with E-state index in [1.807, 2.05) is 0 Å². The molecule has 84 valence electrons. The van der Waals surface area contributed by atoms with Crippen LogP contribution >= 0.6 is 0 Å². The highest BCUT2D eigenvalue weighted by Crippen LogP contribution is 2.40. The summed E-state index contributed by atoms with van der Waals surface area (Å²) in [5.74, 6) is 6.34. The Morgan fingerprint density at radius 1 is 1.60 bits per heavy atom. The van der Waals surface area contributed by atoms with Crippen LogP contribution in [0.1, 0.15) is 44.1 Å². The molecule has 0 amide bonds. The van der Waals surface area contributed by atoms with Gasteiger partial charge in [0.25, 0.3) is 0 Å². The lowest BCUT2D eigenvalue weighted by molar-refractivity contribution is 0.450. The number of hydrogen-bond acceptors (Lipinski definition) is 3. The van der Waals surface area contributed by atoms with E-state index in [4.69, 9.17) is 5.84 Å². The van der Waals surface area contributed by atoms with Crippen LogP contribution in [0, 0.1) is 5.92 Å². The van der Waals surface area contributed by atoms with Gasteiger partial charge in [-0.1, -0.05) is 6.92 Å². The smallest absolute Gasteiger partial charge is 0.0657 e. The van der Waals surface area contributed by atoms with Crippen LogP contribution in [0.4, 0.5) is 0 Å². The Kier molecular flexibility index (Phi) is 3.07. The first-order chi connectivity index (χ1) is 7.30. The molecule has 1 aliphatic rings. The fraction of sp³-hybridized carbons (Fsp3) is 0.727. The van der Waals surface area contributed by atoms with Gasteiger partial charge < -0.3 is 0 Å². The molecule has 0 spiro atoms. The number of aromatic nitrogens is 2. The summed E-state index contributed by atoms with van der Waals surface area (Å²) in [5, 5.41) is 4.55. The van der Waals surface area contributed by atoms with Crippen molar-refractivity contribution in [3.8, 4) is 0 Å². The third kappa shape index (κ3) is 2.06. The van der Waals surface area contributed by atoms with Gasteiger partial charge in [0, 0.05) is 6.54 Å². The Hall–Kier alpha value is -0.870. The molecule has 1 saturated carbocycles. The summed E-state index contributed by atoms with van der Waals surface area (Å²) >= 11 is 0. The van der Waals surface area contributed by atoms with E-state index in [1.165, 1.54) is 18.5 Å². The minimum atomic E-state index is 0.290. The Morgan fingerprint density at radius 3 is 2.80 bits per heavy atom. The summed E-state index contributed by atoms with van der Waals surface area (Å²) < 4.78 is 2.07. The Morgan fingerprint density at radius 2 is 2.33 bits per heavy atom. The number of aryl methyl sites for hydroxylation is 2. The van der Waals surface area contributed by atoms with E-state index < -0.39 is 0 Å². The molecule has 3 N–H and O–H groups in total. The Balaban J connectivity index is 2.26. The summed E-state index contributed by atoms with van der Waals surface area (Å²) in [6.45, 7) is 5.17. The maximum atomic E-state index is 5.63. The van der Waals surface area contributed by atoms with Crippen LogP contribution in [0.2, 0.25) is 0 Å². The van der Waals surface area contributed by atoms with E-state index >= 15 is 0 Å². The molecule has 4 heteroatoms. The van der Waals surface area contributed by atoms with Crippen molar-refractivity contribution >= 4 is 0 Å². The van der Waals surface area contributed by atoms with Gasteiger partial charge in [-0.3, -0.25) is 16.0 Å². The highest BCUT2D eigenvalue weighted by molar-refractivity contribution is 5.16. The van der Waals surface area contributed by atoms with Crippen molar-refractivity contribution in [3.63, 3.8) is 0 Å². The summed E-state index contributed by atoms with van der Waals surface area (Å²) in [5.41, 5.74) is 5.34. The van der Waals surface area contributed by atoms with Crippen LogP contribution in [0.25, 0.3) is 0 Å². The molecule has 4 nitrogen and oxygen atoms in total. The number of nitrogens with two attached hydrogens (primary N) is 1. The Bertz CT molecular complexity index is 327. The van der Waals surface area contributed by atoms with E-state index in [2.05, 4.69) is 35.1 Å². The maximum absolute atomic E-state index is 5.63. The van der Waals surface area contributed by atoms with E-state index in [0.29, 0.717) is 5.92 Å². The van der Waals surface area contributed by atoms with Gasteiger partial charge in [0.05, 0.1) is 17.4 Å². The first-order valence-corrected chi connectivity index (χ1v) is 5.82. The monoisotopic (exact) mass is 208 g/mol. The molecule has 1 aliphatic carbocycles. The topological polar surface area (TPSA) is 55.9 Å². The lowest BCUT2D eigenvalue weighted by Crippen LogP contribution is -2.31. The number of hydrogen-bond donors (Lipinski definition) is 2. The molecule has 15 heavy (non-hydrogen) atoms. The van der Waals surface area contributed by atoms with Crippen molar-refractivity contribution < 1.29 is 0 Å². The summed E-state index contributed by atoms with van der Waals surface area (Å²) in [7, 11) is 0. The Labute approximate surface area is 90.8 Å². The third-order valence-corrected chi connectivity index (χ3v) is 3.12. The van der Waals surface area contributed by atoms with Gasteiger partial charge in [0.15, 0.2) is 0 Å². The van der Waals surface area contributed by atoms with Crippen LogP contribution in [0.15, 0.2) is 6.07 Å². The van der Waals surface area contributed by atoms with Crippen LogP contribution < -0.4 is 11.3 Å². The first-order valence-electron chi connectivity index (χ1n) is 5.82. The van der Waals surface area contributed by atoms with E-state index in [-0.39, 0.29) is 6.04 Å². The molecule has 0 saturated heterocycles. The number of rotatable bonds is 5. The number of hydrazine groups is 1. The van der Waals surface area contributed by atoms with Gasteiger partial charge in [-0.05, 0) is 38.2 Å². The molecule has 1 aromatic rings. The van der Waals surface area contributed by atoms with Crippen LogP contribution in [-0.2, 0) is 13.0 Å². The molecule has 1 aromatic heterocycles. The predicted octanol–water partition coefficient (Wildman–Crippen LogP) is 1.38. The SMILES string of the molecule is CCc1cc(C(NN)C2CC2)n(CC)n1. The van der Waals surface area contributed by atoms with Crippen LogP contribution in [0.3, 0.4) is 0 Å². The number of nitrogens with zero attached hydrogens (tertiary/aromatic N) is 2. The second-order valence-corrected chi connectivity index (χ2v) is 4.21. The molecule has 0 aromatic carbocycles. The summed E-state index contributed by atoms with van der Waals surface area (Å²) in [6, 6.07) is 2.48. The molecule has 1 heterocycles. The van der Waals surface area contributed by atoms with Gasteiger partial charge in [0.1, 0.15) is 0 Å². The van der Waals surface area contributed by atoms with Crippen molar-refractivity contribution in [2.45, 2.75) is 45.7 Å². The highest BCUT2D eigenvalue weighted by Gasteiger charge is 2.33. The van der Waals surface area contributed by atoms with Crippen molar-refractivity contribution in [2.75, 3.05) is 0 Å². The zero-order valence-corrected chi connectivity index (χ0v) is 9.53. The standard InChI is InChI=1S/C11H20N4/c1-3-9-7-10(15(4-2)14-9)11(13-12)8-5-6-8/h7-8,11,13H,3-6,12H2,1-2H3. The van der Waals surface area contributed by atoms with E-state index in [0.717, 1.165) is 18.7 Å². The zero-order valence-electron chi connectivity index (χ0n) is 9.53. The lowest BCUT2D eigenvalue weighted by atomic mass is 10.1. The largest absolute Gasteiger partial charge is 0.271 e. The van der Waals surface area contributed by atoms with Crippen molar-refractivity contribution in [3.05, 3.63) is 17.5 Å². The number of nitrogens with one attached hydrogen (secondary N) is 1. The fourth-order valence-electron chi connectivity index (χ4n) is 2.06. The maximum Gasteiger partial charge on any atom is 0.0657 e. The average Bonchev–Trinajstić information content (AvgIpc) is 2.99. The molecule has 0 aliphatic heterocycles. The van der Waals surface area contributed by atoms with Crippen LogP contribution in [0.5, 0.6) is 0 Å². The average molecular weight is 208 g/mol. The second-order valence-electron chi connectivity index (χ2n) is 4.21. The van der Waals surface area contributed by atoms with Gasteiger partial charge in [-0.2, -0.15) is 5.10 Å². The first kappa shape index (κ1) is 10.6. The normalized spacial score (nSPS) is 18.1. The molecule has 2 rings (SSSR count). The van der Waals surface area contributed by atoms with Crippen LogP contribution in [-0.4, -0.2) is 9.78 Å². The molecule has 0 bridgehead atoms. The van der Waals surface area contributed by atoms with Crippen molar-refractivity contribution in [1.29, 1.82) is 0 Å². The molecule has 0 radical (unpaired) electrons. The van der Waals surface area contributed by atoms with Gasteiger partial charge in [0.2, 0.25) is 0 Å². The van der Waals surface area contributed by atoms with Crippen molar-refractivity contribution in [1.82, 2.24) is 15.2 Å².